The van der Waals surface area contributed by atoms with Crippen molar-refractivity contribution in [2.24, 2.45) is 0 Å². The molecule has 31 heavy (non-hydrogen) atoms. The summed E-state index contributed by atoms with van der Waals surface area (Å²) in [7, 11) is 5.23. The minimum Gasteiger partial charge on any atom is -0.503 e. The number of hydrogen-bond acceptors (Lipinski definition) is 7. The third-order valence-corrected chi connectivity index (χ3v) is 5.68. The highest BCUT2D eigenvalue weighted by Crippen LogP contribution is 2.40. The van der Waals surface area contributed by atoms with Crippen LogP contribution in [0.1, 0.15) is 40.7 Å². The molecule has 0 unspecified atom stereocenters. The van der Waals surface area contributed by atoms with Crippen molar-refractivity contribution in [3.05, 3.63) is 35.7 Å². The first kappa shape index (κ1) is 22.5. The van der Waals surface area contributed by atoms with E-state index in [1.807, 2.05) is 7.05 Å². The first-order valence-corrected chi connectivity index (χ1v) is 10.2. The quantitative estimate of drug-likeness (QED) is 0.676. The van der Waals surface area contributed by atoms with Gasteiger partial charge < -0.3 is 29.5 Å². The van der Waals surface area contributed by atoms with Gasteiger partial charge in [0.15, 0.2) is 22.9 Å². The Labute approximate surface area is 181 Å². The van der Waals surface area contributed by atoms with E-state index in [4.69, 9.17) is 9.47 Å². The molecule has 1 fully saturated rings. The topological polar surface area (TPSA) is 104 Å². The number of likely N-dealkylation sites (tertiary alicyclic amines) is 1. The number of methoxy groups -OCH3 is 1. The minimum atomic E-state index is -0.841. The van der Waals surface area contributed by atoms with Crippen LogP contribution in [-0.4, -0.2) is 83.4 Å². The fourth-order valence-corrected chi connectivity index (χ4v) is 3.84. The van der Waals surface area contributed by atoms with E-state index in [2.05, 4.69) is 4.90 Å². The zero-order valence-corrected chi connectivity index (χ0v) is 18.3. The molecule has 1 aliphatic heterocycles. The van der Waals surface area contributed by atoms with Gasteiger partial charge in [-0.25, -0.2) is 4.79 Å². The summed E-state index contributed by atoms with van der Waals surface area (Å²) < 4.78 is 11.5. The molecule has 0 saturated carbocycles. The van der Waals surface area contributed by atoms with Crippen LogP contribution in [0.15, 0.2) is 24.3 Å². The molecule has 1 saturated heterocycles. The van der Waals surface area contributed by atoms with Crippen LogP contribution in [0.5, 0.6) is 17.2 Å². The summed E-state index contributed by atoms with van der Waals surface area (Å²) in [6.45, 7) is 3.42. The predicted octanol–water partition coefficient (Wildman–Crippen LogP) is 2.24. The molecule has 1 aromatic carbocycles. The highest BCUT2D eigenvalue weighted by atomic mass is 16.5. The maximum atomic E-state index is 13.5. The van der Waals surface area contributed by atoms with E-state index in [1.54, 1.807) is 43.1 Å². The Bertz CT molecular complexity index is 945. The number of aromatic hydroxyl groups is 2. The van der Waals surface area contributed by atoms with Crippen LogP contribution in [0.2, 0.25) is 0 Å². The number of piperidine rings is 1. The molecule has 9 heteroatoms. The van der Waals surface area contributed by atoms with E-state index < -0.39 is 23.4 Å². The highest BCUT2D eigenvalue weighted by Gasteiger charge is 2.35. The lowest BCUT2D eigenvalue weighted by Gasteiger charge is -2.35. The molecule has 0 radical (unpaired) electrons. The molecule has 0 atom stereocenters. The number of carbonyl (C=O) groups excluding carboxylic acids is 2. The zero-order valence-electron chi connectivity index (χ0n) is 18.3. The van der Waals surface area contributed by atoms with Gasteiger partial charge in [-0.1, -0.05) is 0 Å². The number of carbonyl (C=O) groups is 2. The van der Waals surface area contributed by atoms with Crippen LogP contribution >= 0.6 is 0 Å². The lowest BCUT2D eigenvalue weighted by Crippen LogP contribution is -2.45. The van der Waals surface area contributed by atoms with E-state index in [1.165, 1.54) is 11.7 Å². The Morgan fingerprint density at radius 2 is 1.68 bits per heavy atom. The van der Waals surface area contributed by atoms with Gasteiger partial charge in [0.05, 0.1) is 13.7 Å². The van der Waals surface area contributed by atoms with Gasteiger partial charge in [0, 0.05) is 18.8 Å². The Kier molecular flexibility index (Phi) is 6.74. The maximum absolute atomic E-state index is 13.5. The first-order chi connectivity index (χ1) is 14.8. The molecule has 2 aromatic rings. The Morgan fingerprint density at radius 3 is 2.23 bits per heavy atom. The summed E-state index contributed by atoms with van der Waals surface area (Å²) in [6, 6.07) is 6.57. The summed E-state index contributed by atoms with van der Waals surface area (Å²) in [5.41, 5.74) is -0.0867. The SMILES string of the molecule is CCOC(=O)c1c(O)c(O)c(C(=O)N(C)C2CCN(C)CC2)n1-c1ccc(OC)cc1. The molecule has 2 N–H and O–H groups in total. The van der Waals surface area contributed by atoms with Gasteiger partial charge in [-0.3, -0.25) is 9.36 Å². The first-order valence-electron chi connectivity index (χ1n) is 10.2. The number of rotatable bonds is 6. The van der Waals surface area contributed by atoms with Gasteiger partial charge in [-0.2, -0.15) is 0 Å². The number of benzene rings is 1. The second kappa shape index (κ2) is 9.30. The fraction of sp³-hybridized carbons (Fsp3) is 0.455. The van der Waals surface area contributed by atoms with Gasteiger partial charge in [0.1, 0.15) is 5.75 Å². The third kappa shape index (κ3) is 4.32. The normalized spacial score (nSPS) is 15.0. The standard InChI is InChI=1S/C22H29N3O6/c1-5-31-22(29)18-20(27)19(26)17(25(18)15-6-8-16(30-4)9-7-15)21(28)24(3)14-10-12-23(2)13-11-14/h6-9,14,26-27H,5,10-13H2,1-4H3. The van der Waals surface area contributed by atoms with Crippen LogP contribution in [0.25, 0.3) is 5.69 Å². The number of hydrogen-bond donors (Lipinski definition) is 2. The second-order valence-electron chi connectivity index (χ2n) is 7.60. The molecule has 1 aromatic heterocycles. The number of nitrogens with zero attached hydrogens (tertiary/aromatic N) is 3. The molecule has 0 spiro atoms. The van der Waals surface area contributed by atoms with E-state index in [0.717, 1.165) is 25.9 Å². The van der Waals surface area contributed by atoms with Gasteiger partial charge in [0.25, 0.3) is 5.91 Å². The van der Waals surface area contributed by atoms with Crippen molar-refractivity contribution < 1.29 is 29.3 Å². The van der Waals surface area contributed by atoms with E-state index in [9.17, 15) is 19.8 Å². The molecule has 0 bridgehead atoms. The summed E-state index contributed by atoms with van der Waals surface area (Å²) in [6.07, 6.45) is 1.58. The van der Waals surface area contributed by atoms with E-state index in [0.29, 0.717) is 11.4 Å². The summed E-state index contributed by atoms with van der Waals surface area (Å²) in [4.78, 5) is 29.8. The number of esters is 1. The molecule has 1 amide bonds. The van der Waals surface area contributed by atoms with Crippen LogP contribution in [0, 0.1) is 0 Å². The van der Waals surface area contributed by atoms with Crippen LogP contribution in [0.4, 0.5) is 0 Å². The number of amides is 1. The van der Waals surface area contributed by atoms with Crippen molar-refractivity contribution in [3.63, 3.8) is 0 Å². The van der Waals surface area contributed by atoms with Gasteiger partial charge >= 0.3 is 5.97 Å². The highest BCUT2D eigenvalue weighted by molar-refractivity contribution is 6.02. The summed E-state index contributed by atoms with van der Waals surface area (Å²) in [5, 5.41) is 21.2. The van der Waals surface area contributed by atoms with Crippen molar-refractivity contribution in [1.82, 2.24) is 14.4 Å². The molecule has 9 nitrogen and oxygen atoms in total. The van der Waals surface area contributed by atoms with Crippen LogP contribution in [-0.2, 0) is 4.74 Å². The second-order valence-corrected chi connectivity index (χ2v) is 7.60. The summed E-state index contributed by atoms with van der Waals surface area (Å²) in [5.74, 6) is -2.09. The van der Waals surface area contributed by atoms with Crippen molar-refractivity contribution >= 4 is 11.9 Å². The molecule has 2 heterocycles. The smallest absolute Gasteiger partial charge is 0.359 e. The number of aromatic nitrogens is 1. The minimum absolute atomic E-state index is 0.0181. The molecule has 168 valence electrons. The van der Waals surface area contributed by atoms with Crippen LogP contribution in [0.3, 0.4) is 0 Å². The lowest BCUT2D eigenvalue weighted by atomic mass is 10.0. The fourth-order valence-electron chi connectivity index (χ4n) is 3.84. The van der Waals surface area contributed by atoms with Crippen molar-refractivity contribution in [1.29, 1.82) is 0 Å². The molecular weight excluding hydrogens is 402 g/mol. The Morgan fingerprint density at radius 1 is 1.10 bits per heavy atom. The van der Waals surface area contributed by atoms with Crippen molar-refractivity contribution in [2.75, 3.05) is 40.9 Å². The lowest BCUT2D eigenvalue weighted by molar-refractivity contribution is 0.0513. The van der Waals surface area contributed by atoms with Gasteiger partial charge in [0.2, 0.25) is 0 Å². The summed E-state index contributed by atoms with van der Waals surface area (Å²) >= 11 is 0. The molecule has 3 rings (SSSR count). The Balaban J connectivity index is 2.10. The number of ether oxygens (including phenoxy) is 2. The van der Waals surface area contributed by atoms with Gasteiger partial charge in [-0.05, 0) is 64.2 Å². The van der Waals surface area contributed by atoms with Crippen molar-refractivity contribution in [3.8, 4) is 22.9 Å². The average molecular weight is 431 g/mol. The maximum Gasteiger partial charge on any atom is 0.359 e. The molecular formula is C22H29N3O6. The van der Waals surface area contributed by atoms with E-state index >= 15 is 0 Å². The molecule has 1 aliphatic rings. The zero-order chi connectivity index (χ0) is 22.7. The predicted molar refractivity (Wildman–Crippen MR) is 114 cm³/mol. The average Bonchev–Trinajstić information content (AvgIpc) is 3.04. The van der Waals surface area contributed by atoms with Gasteiger partial charge in [-0.15, -0.1) is 0 Å². The van der Waals surface area contributed by atoms with Crippen molar-refractivity contribution in [2.45, 2.75) is 25.8 Å². The molecule has 0 aliphatic carbocycles. The third-order valence-electron chi connectivity index (χ3n) is 5.68. The monoisotopic (exact) mass is 431 g/mol. The van der Waals surface area contributed by atoms with Crippen LogP contribution < -0.4 is 4.74 Å². The largest absolute Gasteiger partial charge is 0.503 e. The van der Waals surface area contributed by atoms with E-state index in [-0.39, 0.29) is 24.0 Å². The Hall–Kier alpha value is -3.20.